The Morgan fingerprint density at radius 2 is 0.900 bits per heavy atom. The van der Waals surface area contributed by atoms with Gasteiger partial charge in [-0.25, -0.2) is 5.01 Å². The average molecular weight is 320 g/mol. The third kappa shape index (κ3) is 8.28. The molecule has 0 aromatic heterocycles. The molecule has 0 radical (unpaired) electrons. The minimum absolute atomic E-state index is 0.122. The first kappa shape index (κ1) is 20.8. The fourth-order valence-corrected chi connectivity index (χ4v) is 8.25. The largest absolute Gasteiger partial charge is 0.269 e. The highest BCUT2D eigenvalue weighted by molar-refractivity contribution is 7.59. The minimum Gasteiger partial charge on any atom is -0.269 e. The van der Waals surface area contributed by atoms with Crippen LogP contribution < -0.4 is 5.84 Å². The van der Waals surface area contributed by atoms with Gasteiger partial charge >= 0.3 is 0 Å². The van der Waals surface area contributed by atoms with Gasteiger partial charge in [0, 0.05) is 13.1 Å². The monoisotopic (exact) mass is 320 g/mol. The van der Waals surface area contributed by atoms with Gasteiger partial charge in [0.1, 0.15) is 0 Å². The van der Waals surface area contributed by atoms with Gasteiger partial charge in [-0.05, 0) is 35.0 Å². The van der Waals surface area contributed by atoms with Crippen LogP contribution in [0.1, 0.15) is 55.4 Å². The summed E-state index contributed by atoms with van der Waals surface area (Å²) in [5.41, 5.74) is 3.28. The van der Waals surface area contributed by atoms with E-state index in [9.17, 15) is 0 Å². The predicted octanol–water partition coefficient (Wildman–Crippen LogP) is 4.76. The molecule has 0 aromatic rings. The minimum atomic E-state index is 0.122. The van der Waals surface area contributed by atoms with E-state index in [1.54, 1.807) is 0 Å². The molecule has 0 aliphatic carbocycles. The Morgan fingerprint density at radius 1 is 0.650 bits per heavy atom. The van der Waals surface area contributed by atoms with Crippen molar-refractivity contribution in [3.63, 3.8) is 0 Å². The van der Waals surface area contributed by atoms with Crippen molar-refractivity contribution >= 4 is 15.8 Å². The smallest absolute Gasteiger partial charge is 0.0168 e. The van der Waals surface area contributed by atoms with Crippen molar-refractivity contribution in [2.45, 2.75) is 78.0 Å². The predicted molar refractivity (Wildman–Crippen MR) is 99.9 cm³/mol. The molecule has 0 heterocycles. The van der Waals surface area contributed by atoms with Crippen molar-refractivity contribution in [1.29, 1.82) is 0 Å². The van der Waals surface area contributed by atoms with E-state index in [1.165, 1.54) is 12.3 Å². The lowest BCUT2D eigenvalue weighted by Crippen LogP contribution is -2.36. The zero-order chi connectivity index (χ0) is 15.9. The van der Waals surface area contributed by atoms with Crippen molar-refractivity contribution in [1.82, 2.24) is 5.01 Å². The molecular weight excluding hydrogens is 282 g/mol. The summed E-state index contributed by atoms with van der Waals surface area (Å²) in [7, 11) is 0.243. The summed E-state index contributed by atoms with van der Waals surface area (Å²) in [4.78, 5) is 0. The van der Waals surface area contributed by atoms with E-state index in [0.29, 0.717) is 0 Å². The first-order valence-electron chi connectivity index (χ1n) is 8.17. The van der Waals surface area contributed by atoms with Crippen LogP contribution in [0, 0.1) is 0 Å². The van der Waals surface area contributed by atoms with Gasteiger partial charge in [-0.1, -0.05) is 55.4 Å². The molecular formula is C16H38N2P2. The van der Waals surface area contributed by atoms with Gasteiger partial charge in [0.15, 0.2) is 0 Å². The second-order valence-corrected chi connectivity index (χ2v) is 14.0. The van der Waals surface area contributed by atoms with Gasteiger partial charge < -0.3 is 0 Å². The average Bonchev–Trinajstić information content (AvgIpc) is 2.27. The van der Waals surface area contributed by atoms with Crippen molar-refractivity contribution < 1.29 is 0 Å². The second kappa shape index (κ2) is 10.5. The van der Waals surface area contributed by atoms with Crippen LogP contribution in [0.15, 0.2) is 0 Å². The maximum absolute atomic E-state index is 6.22. The van der Waals surface area contributed by atoms with Crippen LogP contribution in [-0.2, 0) is 0 Å². The van der Waals surface area contributed by atoms with Gasteiger partial charge in [0.2, 0.25) is 0 Å². The van der Waals surface area contributed by atoms with E-state index in [2.05, 4.69) is 60.4 Å². The molecule has 0 spiro atoms. The van der Waals surface area contributed by atoms with Crippen LogP contribution in [0.2, 0.25) is 0 Å². The fourth-order valence-electron chi connectivity index (χ4n) is 2.83. The van der Waals surface area contributed by atoms with E-state index in [-0.39, 0.29) is 15.8 Å². The Balaban J connectivity index is 4.13. The van der Waals surface area contributed by atoms with E-state index >= 15 is 0 Å². The molecule has 4 heteroatoms. The number of rotatable bonds is 10. The molecule has 122 valence electrons. The SMILES string of the molecule is CC(C)P(CCN(N)CCP(C(C)C)C(C)C)C(C)C. The van der Waals surface area contributed by atoms with Crippen molar-refractivity contribution in [2.24, 2.45) is 5.84 Å². The summed E-state index contributed by atoms with van der Waals surface area (Å²) >= 11 is 0. The summed E-state index contributed by atoms with van der Waals surface area (Å²) < 4.78 is 0. The van der Waals surface area contributed by atoms with Gasteiger partial charge in [-0.15, -0.1) is 15.8 Å². The highest BCUT2D eigenvalue weighted by Crippen LogP contribution is 2.46. The van der Waals surface area contributed by atoms with E-state index in [1.807, 2.05) is 0 Å². The third-order valence-electron chi connectivity index (χ3n) is 3.94. The lowest BCUT2D eigenvalue weighted by molar-refractivity contribution is 0.320. The number of nitrogens with zero attached hydrogens (tertiary/aromatic N) is 1. The summed E-state index contributed by atoms with van der Waals surface area (Å²) in [6, 6.07) is 0. The van der Waals surface area contributed by atoms with Crippen LogP contribution in [0.3, 0.4) is 0 Å². The highest BCUT2D eigenvalue weighted by atomic mass is 31.1. The topological polar surface area (TPSA) is 29.3 Å². The second-order valence-electron chi connectivity index (χ2n) is 6.89. The molecule has 0 saturated carbocycles. The van der Waals surface area contributed by atoms with Crippen LogP contribution in [0.5, 0.6) is 0 Å². The van der Waals surface area contributed by atoms with Crippen molar-refractivity contribution in [3.05, 3.63) is 0 Å². The Hall–Kier alpha value is 0.780. The Morgan fingerprint density at radius 3 is 1.10 bits per heavy atom. The molecule has 20 heavy (non-hydrogen) atoms. The molecule has 0 saturated heterocycles. The Kier molecular flexibility index (Phi) is 10.9. The number of nitrogens with two attached hydrogens (primary N) is 1. The maximum atomic E-state index is 6.22. The molecule has 0 aliphatic rings. The van der Waals surface area contributed by atoms with E-state index < -0.39 is 0 Å². The summed E-state index contributed by atoms with van der Waals surface area (Å²) in [5, 5.41) is 2.08. The van der Waals surface area contributed by atoms with Gasteiger partial charge in [-0.3, -0.25) is 5.84 Å². The molecule has 0 atom stereocenters. The van der Waals surface area contributed by atoms with Gasteiger partial charge in [0.05, 0.1) is 0 Å². The van der Waals surface area contributed by atoms with Crippen LogP contribution in [0.4, 0.5) is 0 Å². The van der Waals surface area contributed by atoms with Crippen LogP contribution in [-0.4, -0.2) is 53.1 Å². The summed E-state index contributed by atoms with van der Waals surface area (Å²) in [6.07, 6.45) is 2.59. The molecule has 0 unspecified atom stereocenters. The first-order chi connectivity index (χ1) is 9.16. The molecule has 0 rings (SSSR count). The molecule has 0 aliphatic heterocycles. The molecule has 2 N–H and O–H groups in total. The lowest BCUT2D eigenvalue weighted by Gasteiger charge is -2.30. The summed E-state index contributed by atoms with van der Waals surface area (Å²) in [6.45, 7) is 21.1. The third-order valence-corrected chi connectivity index (χ3v) is 10.7. The normalized spacial score (nSPS) is 13.2. The molecule has 0 amide bonds. The van der Waals surface area contributed by atoms with Gasteiger partial charge in [-0.2, -0.15) is 0 Å². The molecule has 2 nitrogen and oxygen atoms in total. The van der Waals surface area contributed by atoms with Crippen molar-refractivity contribution in [2.75, 3.05) is 25.4 Å². The van der Waals surface area contributed by atoms with Crippen LogP contribution in [0.25, 0.3) is 0 Å². The lowest BCUT2D eigenvalue weighted by atomic mass is 10.5. The number of hydrazine groups is 1. The van der Waals surface area contributed by atoms with Crippen LogP contribution >= 0.6 is 15.8 Å². The molecule has 0 fully saturated rings. The van der Waals surface area contributed by atoms with Gasteiger partial charge in [0.25, 0.3) is 0 Å². The van der Waals surface area contributed by atoms with E-state index in [4.69, 9.17) is 5.84 Å². The van der Waals surface area contributed by atoms with E-state index in [0.717, 1.165) is 35.7 Å². The quantitative estimate of drug-likeness (QED) is 0.357. The summed E-state index contributed by atoms with van der Waals surface area (Å²) in [5.74, 6) is 6.22. The Bertz CT molecular complexity index is 203. The first-order valence-corrected chi connectivity index (χ1v) is 11.5. The number of hydrogen-bond acceptors (Lipinski definition) is 2. The Labute approximate surface area is 130 Å². The fraction of sp³-hybridized carbons (Fsp3) is 1.00. The standard InChI is InChI=1S/C16H38N2P2/c1-13(2)19(14(3)4)11-9-18(17)10-12-20(15(5)6)16(7)8/h13-16H,9-12,17H2,1-8H3. The highest BCUT2D eigenvalue weighted by Gasteiger charge is 2.19. The molecule has 0 bridgehead atoms. The zero-order valence-corrected chi connectivity index (χ0v) is 16.8. The molecule has 0 aromatic carbocycles. The number of hydrogen-bond donors (Lipinski definition) is 1. The zero-order valence-electron chi connectivity index (χ0n) is 15.1. The maximum Gasteiger partial charge on any atom is 0.0168 e. The van der Waals surface area contributed by atoms with Crippen molar-refractivity contribution in [3.8, 4) is 0 Å².